The molecule has 348 valence electrons. The van der Waals surface area contributed by atoms with Crippen LogP contribution in [0.25, 0.3) is 11.1 Å². The lowest BCUT2D eigenvalue weighted by Gasteiger charge is -2.30. The van der Waals surface area contributed by atoms with Crippen molar-refractivity contribution in [1.29, 1.82) is 0 Å². The van der Waals surface area contributed by atoms with Gasteiger partial charge in [-0.25, -0.2) is 4.79 Å². The summed E-state index contributed by atoms with van der Waals surface area (Å²) in [5.41, 5.74) is 0.923. The number of aliphatic carboxylic acids is 1. The second-order valence-corrected chi connectivity index (χ2v) is 17.1. The standard InChI is InChI=1S/C48H70N4O11/c1-6-7-8-9-10-11-12-13-14-15-16-17-18-19-43(58)51(4)38(30-53)47(61)49-32(3)39(54)24-25-44(59)52(5)45-34-21-23-41(56)36(29-34)35-27-33(20-22-40(35)55)28-37(48(62)63)50-46(60)31(2)26-42(45)57/h20-23,27,29,31-32,37-38,45,53,55-56H,6-19,24-26,28,30H2,1-5H3,(H,49,61)(H,50,60)(H,62,63)/t31-,32-,37+,38-,45+/m1/s1. The van der Waals surface area contributed by atoms with Gasteiger partial charge in [-0.05, 0) is 48.7 Å². The number of nitrogens with zero attached hydrogens (tertiary/aromatic N) is 2. The van der Waals surface area contributed by atoms with E-state index in [1.54, 1.807) is 0 Å². The number of carbonyl (C=O) groups is 7. The van der Waals surface area contributed by atoms with Gasteiger partial charge in [-0.15, -0.1) is 0 Å². The van der Waals surface area contributed by atoms with Gasteiger partial charge in [0.25, 0.3) is 0 Å². The molecule has 0 radical (unpaired) electrons. The Morgan fingerprint density at radius 1 is 0.762 bits per heavy atom. The molecule has 4 amide bonds. The van der Waals surface area contributed by atoms with Gasteiger partial charge < -0.3 is 40.9 Å². The Hall–Kier alpha value is -5.31. The molecule has 5 atom stereocenters. The number of benzene rings is 2. The first-order valence-electron chi connectivity index (χ1n) is 22.7. The highest BCUT2D eigenvalue weighted by molar-refractivity contribution is 5.96. The van der Waals surface area contributed by atoms with Crippen LogP contribution in [0.3, 0.4) is 0 Å². The van der Waals surface area contributed by atoms with Gasteiger partial charge in [-0.2, -0.15) is 0 Å². The average Bonchev–Trinajstić information content (AvgIpc) is 3.24. The van der Waals surface area contributed by atoms with Gasteiger partial charge in [-0.1, -0.05) is 103 Å². The molecule has 0 spiro atoms. The van der Waals surface area contributed by atoms with Gasteiger partial charge >= 0.3 is 5.97 Å². The third-order valence-electron chi connectivity index (χ3n) is 12.0. The summed E-state index contributed by atoms with van der Waals surface area (Å²) < 4.78 is 0. The number of likely N-dealkylation sites (N-methyl/N-ethyl adjacent to an activating group) is 2. The molecule has 15 nitrogen and oxygen atoms in total. The Kier molecular flexibility index (Phi) is 21.8. The highest BCUT2D eigenvalue weighted by Crippen LogP contribution is 2.39. The number of phenolic OH excluding ortho intramolecular Hbond substituents is 2. The van der Waals surface area contributed by atoms with Crippen LogP contribution >= 0.6 is 0 Å². The normalized spacial score (nSPS) is 17.5. The summed E-state index contributed by atoms with van der Waals surface area (Å²) in [6.45, 7) is 4.46. The Morgan fingerprint density at radius 3 is 1.89 bits per heavy atom. The lowest BCUT2D eigenvalue weighted by Crippen LogP contribution is -2.53. The molecule has 1 heterocycles. The predicted molar refractivity (Wildman–Crippen MR) is 239 cm³/mol. The lowest BCUT2D eigenvalue weighted by molar-refractivity contribution is -0.143. The molecule has 0 aromatic heterocycles. The number of aromatic hydroxyl groups is 2. The first-order chi connectivity index (χ1) is 30.0. The Bertz CT molecular complexity index is 1880. The zero-order valence-electron chi connectivity index (χ0n) is 37.8. The number of phenols is 2. The van der Waals surface area contributed by atoms with E-state index in [0.717, 1.165) is 24.2 Å². The van der Waals surface area contributed by atoms with Crippen molar-refractivity contribution in [3.8, 4) is 22.6 Å². The van der Waals surface area contributed by atoms with Crippen LogP contribution in [0.15, 0.2) is 36.4 Å². The fraction of sp³-hybridized carbons (Fsp3) is 0.604. The van der Waals surface area contributed by atoms with Crippen molar-refractivity contribution in [2.75, 3.05) is 20.7 Å². The quantitative estimate of drug-likeness (QED) is 0.0656. The van der Waals surface area contributed by atoms with Crippen LogP contribution in [0.2, 0.25) is 0 Å². The molecule has 0 aliphatic carbocycles. The van der Waals surface area contributed by atoms with Crippen LogP contribution in [0.5, 0.6) is 11.5 Å². The zero-order valence-corrected chi connectivity index (χ0v) is 37.8. The van der Waals surface area contributed by atoms with E-state index in [4.69, 9.17) is 0 Å². The van der Waals surface area contributed by atoms with Crippen molar-refractivity contribution in [3.05, 3.63) is 47.5 Å². The van der Waals surface area contributed by atoms with Gasteiger partial charge in [0.15, 0.2) is 11.6 Å². The van der Waals surface area contributed by atoms with Crippen LogP contribution in [0, 0.1) is 5.92 Å². The van der Waals surface area contributed by atoms with Crippen molar-refractivity contribution < 1.29 is 54.0 Å². The Balaban J connectivity index is 1.60. The topological polar surface area (TPSA) is 231 Å². The number of carbonyl (C=O) groups excluding carboxylic acids is 6. The predicted octanol–water partition coefficient (Wildman–Crippen LogP) is 6.14. The number of unbranched alkanes of at least 4 members (excludes halogenated alkanes) is 12. The number of nitrogens with one attached hydrogen (secondary N) is 2. The second kappa shape index (κ2) is 26.3. The molecule has 3 rings (SSSR count). The average molecular weight is 879 g/mol. The molecule has 0 fully saturated rings. The van der Waals surface area contributed by atoms with E-state index in [1.807, 2.05) is 0 Å². The number of rotatable bonds is 24. The number of hydrogen-bond donors (Lipinski definition) is 6. The fourth-order valence-electron chi connectivity index (χ4n) is 7.93. The van der Waals surface area contributed by atoms with Gasteiger partial charge in [0.2, 0.25) is 23.6 Å². The molecule has 6 N–H and O–H groups in total. The lowest BCUT2D eigenvalue weighted by atomic mass is 9.89. The number of carboxylic acids is 1. The molecule has 1 aliphatic heterocycles. The molecule has 1 aliphatic rings. The van der Waals surface area contributed by atoms with Crippen LogP contribution in [-0.4, -0.2) is 110 Å². The molecular weight excluding hydrogens is 809 g/mol. The third-order valence-corrected chi connectivity index (χ3v) is 12.0. The number of fused-ring (bicyclic) bond motifs is 5. The highest BCUT2D eigenvalue weighted by atomic mass is 16.4. The minimum atomic E-state index is -1.36. The van der Waals surface area contributed by atoms with Gasteiger partial charge in [0.1, 0.15) is 29.6 Å². The first-order valence-corrected chi connectivity index (χ1v) is 22.7. The van der Waals surface area contributed by atoms with Gasteiger partial charge in [0.05, 0.1) is 12.6 Å². The highest BCUT2D eigenvalue weighted by Gasteiger charge is 2.34. The number of Topliss-reactive ketones (excluding diaryl/α,β-unsaturated/α-hetero) is 2. The number of hydrogen-bond acceptors (Lipinski definition) is 10. The minimum Gasteiger partial charge on any atom is -0.507 e. The number of aliphatic hydroxyl groups excluding tert-OH is 1. The van der Waals surface area contributed by atoms with Crippen LogP contribution < -0.4 is 10.6 Å². The summed E-state index contributed by atoms with van der Waals surface area (Å²) in [5.74, 6) is -6.25. The molecule has 15 heteroatoms. The summed E-state index contributed by atoms with van der Waals surface area (Å²) in [6.07, 6.45) is 14.2. The van der Waals surface area contributed by atoms with Crippen molar-refractivity contribution in [1.82, 2.24) is 20.4 Å². The zero-order chi connectivity index (χ0) is 46.6. The monoisotopic (exact) mass is 879 g/mol. The van der Waals surface area contributed by atoms with E-state index < -0.39 is 78.4 Å². The van der Waals surface area contributed by atoms with Crippen LogP contribution in [0.4, 0.5) is 0 Å². The van der Waals surface area contributed by atoms with Crippen molar-refractivity contribution in [2.24, 2.45) is 5.92 Å². The molecular formula is C48H70N4O11. The summed E-state index contributed by atoms with van der Waals surface area (Å²) in [7, 11) is 2.80. The van der Waals surface area contributed by atoms with E-state index in [0.29, 0.717) is 12.0 Å². The minimum absolute atomic E-state index is 0.111. The van der Waals surface area contributed by atoms with Crippen molar-refractivity contribution >= 4 is 41.2 Å². The molecule has 4 bridgehead atoms. The van der Waals surface area contributed by atoms with E-state index in [1.165, 1.54) is 127 Å². The number of carboxylic acid groups (broad SMARTS) is 1. The van der Waals surface area contributed by atoms with Gasteiger partial charge in [-0.3, -0.25) is 28.8 Å². The first kappa shape index (κ1) is 52.0. The van der Waals surface area contributed by atoms with Crippen LogP contribution in [0.1, 0.15) is 147 Å². The number of amides is 4. The van der Waals surface area contributed by atoms with E-state index in [-0.39, 0.29) is 59.8 Å². The molecule has 0 saturated carbocycles. The smallest absolute Gasteiger partial charge is 0.326 e. The Morgan fingerprint density at radius 2 is 1.32 bits per heavy atom. The van der Waals surface area contributed by atoms with E-state index in [9.17, 15) is 54.0 Å². The number of ketones is 2. The Labute approximate surface area is 372 Å². The van der Waals surface area contributed by atoms with Crippen molar-refractivity contribution in [2.45, 2.75) is 161 Å². The molecule has 0 saturated heterocycles. The number of aliphatic hydroxyl groups is 1. The largest absolute Gasteiger partial charge is 0.507 e. The third kappa shape index (κ3) is 16.1. The molecule has 2 aromatic carbocycles. The van der Waals surface area contributed by atoms with Gasteiger partial charge in [0, 0.05) is 63.2 Å². The molecule has 2 aromatic rings. The summed E-state index contributed by atoms with van der Waals surface area (Å²) in [5, 5.41) is 46.6. The SMILES string of the molecule is CCCCCCCCCCCCCCCC(=O)N(C)[C@H](CO)C(=O)N[C@H](C)C(=O)CCC(=O)N(C)[C@@H]1C(=O)C[C@@H](C)C(=O)N[C@H](C(=O)O)Cc2ccc(O)c(c2)-c2cc1ccc2O. The summed E-state index contributed by atoms with van der Waals surface area (Å²) in [6, 6.07) is 3.49. The summed E-state index contributed by atoms with van der Waals surface area (Å²) >= 11 is 0. The van der Waals surface area contributed by atoms with Crippen molar-refractivity contribution in [3.63, 3.8) is 0 Å². The molecule has 0 unspecified atom stereocenters. The van der Waals surface area contributed by atoms with Crippen LogP contribution in [-0.2, 0) is 40.0 Å². The maximum absolute atomic E-state index is 14.0. The maximum Gasteiger partial charge on any atom is 0.326 e. The molecule has 63 heavy (non-hydrogen) atoms. The fourth-order valence-corrected chi connectivity index (χ4v) is 7.93. The van der Waals surface area contributed by atoms with E-state index in [2.05, 4.69) is 17.6 Å². The summed E-state index contributed by atoms with van der Waals surface area (Å²) in [4.78, 5) is 94.6. The van der Waals surface area contributed by atoms with E-state index >= 15 is 0 Å². The maximum atomic E-state index is 14.0. The second-order valence-electron chi connectivity index (χ2n) is 17.1.